The maximum absolute atomic E-state index is 13.3. The molecule has 5 heteroatoms. The van der Waals surface area contributed by atoms with Gasteiger partial charge in [-0.1, -0.05) is 11.6 Å². The van der Waals surface area contributed by atoms with Crippen molar-refractivity contribution in [1.82, 2.24) is 0 Å². The molecule has 1 rings (SSSR count). The van der Waals surface area contributed by atoms with Crippen molar-refractivity contribution in [3.05, 3.63) is 29.0 Å². The van der Waals surface area contributed by atoms with Gasteiger partial charge >= 0.3 is 5.97 Å². The molecule has 0 unspecified atom stereocenters. The molecule has 0 heterocycles. The van der Waals surface area contributed by atoms with Crippen LogP contribution in [0.5, 0.6) is 0 Å². The van der Waals surface area contributed by atoms with Gasteiger partial charge in [-0.05, 0) is 24.6 Å². The number of esters is 1. The normalized spacial score (nSPS) is 9.94. The summed E-state index contributed by atoms with van der Waals surface area (Å²) in [5.41, 5.74) is 0.384. The molecular weight excluding hydrogens is 233 g/mol. The number of nitrogens with one attached hydrogen (secondary N) is 1. The van der Waals surface area contributed by atoms with Crippen LogP contribution in [0.3, 0.4) is 0 Å². The predicted octanol–water partition coefficient (Wildman–Crippen LogP) is 2.84. The minimum absolute atomic E-state index is 0.265. The van der Waals surface area contributed by atoms with E-state index in [1.807, 2.05) is 0 Å². The van der Waals surface area contributed by atoms with Crippen LogP contribution >= 0.6 is 11.6 Å². The first kappa shape index (κ1) is 12.8. The maximum Gasteiger partial charge on any atom is 0.305 e. The second-order valence-corrected chi connectivity index (χ2v) is 3.67. The van der Waals surface area contributed by atoms with Crippen molar-refractivity contribution in [2.24, 2.45) is 0 Å². The lowest BCUT2D eigenvalue weighted by molar-refractivity contribution is -0.140. The van der Waals surface area contributed by atoms with Gasteiger partial charge in [-0.15, -0.1) is 0 Å². The lowest BCUT2D eigenvalue weighted by atomic mass is 10.2. The Bertz CT molecular complexity index is 371. The summed E-state index contributed by atoms with van der Waals surface area (Å²) < 4.78 is 17.7. The minimum atomic E-state index is -0.398. The lowest BCUT2D eigenvalue weighted by Crippen LogP contribution is -2.07. The first-order chi connectivity index (χ1) is 7.63. The topological polar surface area (TPSA) is 38.3 Å². The van der Waals surface area contributed by atoms with Crippen LogP contribution in [0, 0.1) is 5.82 Å². The highest BCUT2D eigenvalue weighted by molar-refractivity contribution is 6.30. The zero-order valence-corrected chi connectivity index (χ0v) is 9.68. The van der Waals surface area contributed by atoms with Crippen LogP contribution in [0.2, 0.25) is 5.02 Å². The van der Waals surface area contributed by atoms with E-state index in [-0.39, 0.29) is 5.97 Å². The van der Waals surface area contributed by atoms with Crippen LogP contribution in [0.1, 0.15) is 12.8 Å². The fourth-order valence-corrected chi connectivity index (χ4v) is 1.35. The summed E-state index contributed by atoms with van der Waals surface area (Å²) in [7, 11) is 1.34. The first-order valence-corrected chi connectivity index (χ1v) is 5.27. The van der Waals surface area contributed by atoms with Crippen molar-refractivity contribution < 1.29 is 13.9 Å². The monoisotopic (exact) mass is 245 g/mol. The van der Waals surface area contributed by atoms with E-state index in [0.717, 1.165) is 0 Å². The average Bonchev–Trinajstić information content (AvgIpc) is 2.26. The molecule has 0 spiro atoms. The third-order valence-electron chi connectivity index (χ3n) is 2.03. The predicted molar refractivity (Wildman–Crippen MR) is 61.1 cm³/mol. The van der Waals surface area contributed by atoms with Gasteiger partial charge in [-0.3, -0.25) is 4.79 Å². The number of hydrogen-bond donors (Lipinski definition) is 1. The fourth-order valence-electron chi connectivity index (χ4n) is 1.19. The molecule has 0 aliphatic rings. The molecular formula is C11H13ClFNO2. The van der Waals surface area contributed by atoms with Crippen molar-refractivity contribution in [3.8, 4) is 0 Å². The van der Waals surface area contributed by atoms with Crippen LogP contribution in [0.25, 0.3) is 0 Å². The molecule has 1 aromatic rings. The average molecular weight is 246 g/mol. The lowest BCUT2D eigenvalue weighted by Gasteiger charge is -2.07. The summed E-state index contributed by atoms with van der Waals surface area (Å²) in [6.45, 7) is 0.508. The van der Waals surface area contributed by atoms with E-state index in [2.05, 4.69) is 10.1 Å². The van der Waals surface area contributed by atoms with E-state index in [9.17, 15) is 9.18 Å². The zero-order chi connectivity index (χ0) is 12.0. The van der Waals surface area contributed by atoms with Gasteiger partial charge in [0.05, 0.1) is 12.8 Å². The summed E-state index contributed by atoms with van der Waals surface area (Å²) in [4.78, 5) is 10.8. The Morgan fingerprint density at radius 1 is 1.56 bits per heavy atom. The molecule has 0 radical (unpaired) electrons. The molecule has 0 atom stereocenters. The number of halogens is 2. The molecule has 0 aliphatic carbocycles. The van der Waals surface area contributed by atoms with Crippen molar-refractivity contribution >= 4 is 23.3 Å². The molecule has 0 saturated heterocycles. The number of anilines is 1. The molecule has 0 saturated carbocycles. The molecule has 0 aliphatic heterocycles. The molecule has 0 amide bonds. The summed E-state index contributed by atoms with van der Waals surface area (Å²) in [5, 5.41) is 3.24. The maximum atomic E-state index is 13.3. The molecule has 0 bridgehead atoms. The van der Waals surface area contributed by atoms with Crippen LogP contribution in [-0.4, -0.2) is 19.6 Å². The number of rotatable bonds is 5. The Morgan fingerprint density at radius 2 is 2.31 bits per heavy atom. The second-order valence-electron chi connectivity index (χ2n) is 3.23. The fraction of sp³-hybridized carbons (Fsp3) is 0.364. The molecule has 16 heavy (non-hydrogen) atoms. The summed E-state index contributed by atoms with van der Waals surface area (Å²) in [6.07, 6.45) is 0.910. The molecule has 1 N–H and O–H groups in total. The first-order valence-electron chi connectivity index (χ1n) is 4.89. The Kier molecular flexibility index (Phi) is 5.05. The highest BCUT2D eigenvalue weighted by Gasteiger charge is 2.03. The number of benzene rings is 1. The van der Waals surface area contributed by atoms with Crippen LogP contribution in [-0.2, 0) is 9.53 Å². The molecule has 0 fully saturated rings. The Labute approximate surface area is 98.5 Å². The van der Waals surface area contributed by atoms with Gasteiger partial charge in [-0.25, -0.2) is 4.39 Å². The summed E-state index contributed by atoms with van der Waals surface area (Å²) in [6, 6.07) is 4.41. The third kappa shape index (κ3) is 4.06. The Balaban J connectivity index is 2.35. The number of methoxy groups -OCH3 is 1. The highest BCUT2D eigenvalue weighted by atomic mass is 35.5. The van der Waals surface area contributed by atoms with Gasteiger partial charge in [0.25, 0.3) is 0 Å². The van der Waals surface area contributed by atoms with E-state index in [0.29, 0.717) is 30.1 Å². The summed E-state index contributed by atoms with van der Waals surface area (Å²) >= 11 is 5.61. The van der Waals surface area contributed by atoms with E-state index in [4.69, 9.17) is 11.6 Å². The number of carbonyl (C=O) groups excluding carboxylic acids is 1. The van der Waals surface area contributed by atoms with Crippen LogP contribution in [0.4, 0.5) is 10.1 Å². The van der Waals surface area contributed by atoms with Crippen LogP contribution in [0.15, 0.2) is 18.2 Å². The van der Waals surface area contributed by atoms with E-state index in [1.54, 1.807) is 12.1 Å². The highest BCUT2D eigenvalue weighted by Crippen LogP contribution is 2.18. The molecule has 0 aromatic heterocycles. The number of carbonyl (C=O) groups is 1. The van der Waals surface area contributed by atoms with Crippen molar-refractivity contribution in [3.63, 3.8) is 0 Å². The van der Waals surface area contributed by atoms with Crippen molar-refractivity contribution in [2.75, 3.05) is 19.0 Å². The minimum Gasteiger partial charge on any atom is -0.469 e. The van der Waals surface area contributed by atoms with Gasteiger partial charge in [0, 0.05) is 18.0 Å². The summed E-state index contributed by atoms with van der Waals surface area (Å²) in [5.74, 6) is -0.663. The molecule has 3 nitrogen and oxygen atoms in total. The Morgan fingerprint density at radius 3 is 2.94 bits per heavy atom. The number of hydrogen-bond acceptors (Lipinski definition) is 3. The second kappa shape index (κ2) is 6.33. The van der Waals surface area contributed by atoms with E-state index in [1.165, 1.54) is 13.2 Å². The molecule has 88 valence electrons. The van der Waals surface area contributed by atoms with Crippen molar-refractivity contribution in [1.29, 1.82) is 0 Å². The van der Waals surface area contributed by atoms with Crippen molar-refractivity contribution in [2.45, 2.75) is 12.8 Å². The van der Waals surface area contributed by atoms with Gasteiger partial charge in [0.1, 0.15) is 5.82 Å². The van der Waals surface area contributed by atoms with Gasteiger partial charge in [-0.2, -0.15) is 0 Å². The van der Waals surface area contributed by atoms with E-state index < -0.39 is 5.82 Å². The zero-order valence-electron chi connectivity index (χ0n) is 8.93. The van der Waals surface area contributed by atoms with Gasteiger partial charge in [0.2, 0.25) is 0 Å². The SMILES string of the molecule is COC(=O)CCCNc1ccc(Cl)cc1F. The molecule has 1 aromatic carbocycles. The standard InChI is InChI=1S/C11H13ClFNO2/c1-16-11(15)3-2-6-14-10-5-4-8(12)7-9(10)13/h4-5,7,14H,2-3,6H2,1H3. The largest absolute Gasteiger partial charge is 0.469 e. The van der Waals surface area contributed by atoms with E-state index >= 15 is 0 Å². The smallest absolute Gasteiger partial charge is 0.305 e. The van der Waals surface area contributed by atoms with Crippen LogP contribution < -0.4 is 5.32 Å². The third-order valence-corrected chi connectivity index (χ3v) is 2.27. The van der Waals surface area contributed by atoms with Gasteiger partial charge in [0.15, 0.2) is 0 Å². The number of ether oxygens (including phenoxy) is 1. The Hall–Kier alpha value is -1.29. The van der Waals surface area contributed by atoms with Gasteiger partial charge < -0.3 is 10.1 Å². The quantitative estimate of drug-likeness (QED) is 0.640.